The first kappa shape index (κ1) is 24.7. The standard InChI is InChI=1S/C25H23N7O3S2/c1-31-9-10-36-24(31)30-37-25(7-8-25)15-35-22-20-18(14-28-29-22)11-19(23(34)32(20)2)21(33)27-13-17-5-3-16(12-26)4-6-17/h3-6,9-11,14H,7-8,13,15H2,1-2H3,(H,27,33)/b30-24+. The lowest BCUT2D eigenvalue weighted by Gasteiger charge is -2.15. The molecule has 4 aromatic rings. The van der Waals surface area contributed by atoms with Crippen LogP contribution in [0.3, 0.4) is 0 Å². The average molecular weight is 534 g/mol. The molecule has 0 radical (unpaired) electrons. The smallest absolute Gasteiger partial charge is 0.263 e. The summed E-state index contributed by atoms with van der Waals surface area (Å²) >= 11 is 3.08. The maximum absolute atomic E-state index is 13.1. The predicted octanol–water partition coefficient (Wildman–Crippen LogP) is 2.69. The van der Waals surface area contributed by atoms with Crippen molar-refractivity contribution in [1.82, 2.24) is 24.6 Å². The van der Waals surface area contributed by atoms with Gasteiger partial charge in [0.2, 0.25) is 0 Å². The van der Waals surface area contributed by atoms with Crippen molar-refractivity contribution in [2.24, 2.45) is 18.5 Å². The predicted molar refractivity (Wildman–Crippen MR) is 141 cm³/mol. The van der Waals surface area contributed by atoms with Crippen LogP contribution in [0.1, 0.15) is 34.3 Å². The number of thiazole rings is 1. The Balaban J connectivity index is 1.33. The molecule has 12 heteroatoms. The molecule has 37 heavy (non-hydrogen) atoms. The lowest BCUT2D eigenvalue weighted by Crippen LogP contribution is -2.32. The Morgan fingerprint density at radius 1 is 1.32 bits per heavy atom. The maximum Gasteiger partial charge on any atom is 0.263 e. The molecule has 5 rings (SSSR count). The molecule has 3 aromatic heterocycles. The molecule has 0 spiro atoms. The molecule has 0 bridgehead atoms. The van der Waals surface area contributed by atoms with Gasteiger partial charge < -0.3 is 19.2 Å². The largest absolute Gasteiger partial charge is 0.474 e. The number of aromatic nitrogens is 4. The number of hydrogen-bond donors (Lipinski definition) is 1. The van der Waals surface area contributed by atoms with E-state index in [4.69, 9.17) is 10.00 Å². The fraction of sp³-hybridized carbons (Fsp3) is 0.280. The summed E-state index contributed by atoms with van der Waals surface area (Å²) in [6.07, 6.45) is 5.41. The molecule has 1 saturated carbocycles. The number of nitrogens with zero attached hydrogens (tertiary/aromatic N) is 6. The van der Waals surface area contributed by atoms with Crippen LogP contribution in [-0.4, -0.2) is 36.6 Å². The highest BCUT2D eigenvalue weighted by Crippen LogP contribution is 2.49. The second-order valence-corrected chi connectivity index (χ2v) is 10.9. The summed E-state index contributed by atoms with van der Waals surface area (Å²) in [4.78, 5) is 26.9. The number of aryl methyl sites for hydroxylation is 2. The van der Waals surface area contributed by atoms with Gasteiger partial charge in [0.1, 0.15) is 17.7 Å². The van der Waals surface area contributed by atoms with Gasteiger partial charge >= 0.3 is 0 Å². The Kier molecular flexibility index (Phi) is 6.82. The van der Waals surface area contributed by atoms with Gasteiger partial charge in [-0.25, -0.2) is 0 Å². The number of amides is 1. The summed E-state index contributed by atoms with van der Waals surface area (Å²) in [5.74, 6) is -0.252. The molecular formula is C25H23N7O3S2. The zero-order valence-corrected chi connectivity index (χ0v) is 21.8. The van der Waals surface area contributed by atoms with Crippen molar-refractivity contribution >= 4 is 40.1 Å². The van der Waals surface area contributed by atoms with E-state index in [0.717, 1.165) is 23.2 Å². The van der Waals surface area contributed by atoms with E-state index >= 15 is 0 Å². The number of carbonyl (C=O) groups excluding carboxylic acids is 1. The third-order valence-electron chi connectivity index (χ3n) is 6.13. The van der Waals surface area contributed by atoms with Gasteiger partial charge in [0.05, 0.1) is 22.6 Å². The van der Waals surface area contributed by atoms with Gasteiger partial charge in [0.25, 0.3) is 17.3 Å². The monoisotopic (exact) mass is 533 g/mol. The van der Waals surface area contributed by atoms with E-state index in [1.807, 2.05) is 23.2 Å². The van der Waals surface area contributed by atoms with Crippen LogP contribution >= 0.6 is 23.3 Å². The van der Waals surface area contributed by atoms with Gasteiger partial charge in [-0.05, 0) is 48.6 Å². The van der Waals surface area contributed by atoms with E-state index in [-0.39, 0.29) is 22.7 Å². The molecule has 0 unspecified atom stereocenters. The number of benzene rings is 1. The zero-order valence-electron chi connectivity index (χ0n) is 20.2. The van der Waals surface area contributed by atoms with Gasteiger partial charge in [-0.3, -0.25) is 9.59 Å². The van der Waals surface area contributed by atoms with Crippen molar-refractivity contribution in [2.45, 2.75) is 24.1 Å². The highest BCUT2D eigenvalue weighted by atomic mass is 32.2. The fourth-order valence-electron chi connectivity index (χ4n) is 3.70. The van der Waals surface area contributed by atoms with E-state index in [0.29, 0.717) is 23.1 Å². The topological polar surface area (TPSA) is 127 Å². The van der Waals surface area contributed by atoms with Crippen molar-refractivity contribution in [3.8, 4) is 11.9 Å². The first-order valence-electron chi connectivity index (χ1n) is 11.5. The summed E-state index contributed by atoms with van der Waals surface area (Å²) in [5.41, 5.74) is 1.37. The minimum Gasteiger partial charge on any atom is -0.474 e. The van der Waals surface area contributed by atoms with Crippen LogP contribution in [0.25, 0.3) is 10.9 Å². The molecule has 10 nitrogen and oxygen atoms in total. The van der Waals surface area contributed by atoms with Gasteiger partial charge in [-0.1, -0.05) is 12.1 Å². The molecule has 1 aliphatic rings. The van der Waals surface area contributed by atoms with Crippen molar-refractivity contribution < 1.29 is 9.53 Å². The molecule has 1 aliphatic carbocycles. The summed E-state index contributed by atoms with van der Waals surface area (Å²) < 4.78 is 13.9. The van der Waals surface area contributed by atoms with Crippen molar-refractivity contribution in [1.29, 1.82) is 5.26 Å². The number of pyridine rings is 1. The number of fused-ring (bicyclic) bond motifs is 1. The Bertz CT molecular complexity index is 1640. The Morgan fingerprint density at radius 3 is 2.78 bits per heavy atom. The van der Waals surface area contributed by atoms with E-state index in [2.05, 4.69) is 26.0 Å². The Morgan fingerprint density at radius 2 is 2.11 bits per heavy atom. The van der Waals surface area contributed by atoms with Gasteiger partial charge in [-0.2, -0.15) is 14.8 Å². The van der Waals surface area contributed by atoms with Crippen LogP contribution in [0.2, 0.25) is 0 Å². The first-order chi connectivity index (χ1) is 17.9. The van der Waals surface area contributed by atoms with Gasteiger partial charge in [0, 0.05) is 37.6 Å². The Labute approximate surface area is 220 Å². The van der Waals surface area contributed by atoms with Crippen LogP contribution in [0.15, 0.2) is 57.3 Å². The summed E-state index contributed by atoms with van der Waals surface area (Å²) in [7, 11) is 3.55. The number of ether oxygens (including phenoxy) is 1. The SMILES string of the molecule is Cn1ccs/c1=N/SC1(COc2nncc3cc(C(=O)NCc4ccc(C#N)cc4)c(=O)n(C)c23)CC1. The average Bonchev–Trinajstić information content (AvgIpc) is 3.58. The van der Waals surface area contributed by atoms with Crippen molar-refractivity contribution in [2.75, 3.05) is 6.61 Å². The lowest BCUT2D eigenvalue weighted by molar-refractivity contribution is 0.0949. The molecule has 1 aromatic carbocycles. The molecule has 1 fully saturated rings. The fourth-order valence-corrected chi connectivity index (χ4v) is 5.38. The van der Waals surface area contributed by atoms with Crippen molar-refractivity contribution in [3.05, 3.63) is 80.0 Å². The molecule has 1 amide bonds. The van der Waals surface area contributed by atoms with Gasteiger partial charge in [0.15, 0.2) is 4.80 Å². The number of carbonyl (C=O) groups is 1. The summed E-state index contributed by atoms with van der Waals surface area (Å²) in [5, 5.41) is 22.4. The molecule has 188 valence electrons. The van der Waals surface area contributed by atoms with E-state index < -0.39 is 11.5 Å². The highest BCUT2D eigenvalue weighted by Gasteiger charge is 2.45. The second-order valence-electron chi connectivity index (χ2n) is 8.82. The molecule has 1 N–H and O–H groups in total. The third kappa shape index (κ3) is 5.28. The molecule has 0 saturated heterocycles. The van der Waals surface area contributed by atoms with Crippen LogP contribution in [0.5, 0.6) is 5.88 Å². The minimum atomic E-state index is -0.497. The number of nitrogens with one attached hydrogen (secondary N) is 1. The van der Waals surface area contributed by atoms with E-state index in [1.54, 1.807) is 42.6 Å². The highest BCUT2D eigenvalue weighted by molar-refractivity contribution is 7.99. The Hall–Kier alpha value is -3.95. The second kappa shape index (κ2) is 10.2. The van der Waals surface area contributed by atoms with E-state index in [1.165, 1.54) is 28.8 Å². The molecule has 3 heterocycles. The minimum absolute atomic E-state index is 0.000526. The zero-order chi connectivity index (χ0) is 26.0. The van der Waals surface area contributed by atoms with Crippen molar-refractivity contribution in [3.63, 3.8) is 0 Å². The van der Waals surface area contributed by atoms with Gasteiger partial charge in [-0.15, -0.1) is 16.4 Å². The summed E-state index contributed by atoms with van der Waals surface area (Å²) in [6.45, 7) is 0.605. The van der Waals surface area contributed by atoms with Crippen LogP contribution < -0.4 is 20.4 Å². The molecular weight excluding hydrogens is 510 g/mol. The number of rotatable bonds is 8. The maximum atomic E-state index is 13.1. The van der Waals surface area contributed by atoms with Crippen LogP contribution in [0.4, 0.5) is 0 Å². The summed E-state index contributed by atoms with van der Waals surface area (Å²) in [6, 6.07) is 10.4. The lowest BCUT2D eigenvalue weighted by atomic mass is 10.1. The van der Waals surface area contributed by atoms with Crippen LogP contribution in [0, 0.1) is 11.3 Å². The molecule has 0 aliphatic heterocycles. The third-order valence-corrected chi connectivity index (χ3v) is 8.27. The van der Waals surface area contributed by atoms with Crippen LogP contribution in [-0.2, 0) is 20.6 Å². The normalized spacial score (nSPS) is 14.4. The number of nitriles is 1. The first-order valence-corrected chi connectivity index (χ1v) is 13.1. The molecule has 0 atom stereocenters. The number of hydrogen-bond acceptors (Lipinski definition) is 9. The van der Waals surface area contributed by atoms with E-state index in [9.17, 15) is 9.59 Å². The quantitative estimate of drug-likeness (QED) is 0.345.